The van der Waals surface area contributed by atoms with Crippen molar-refractivity contribution in [1.29, 1.82) is 0 Å². The molecule has 0 spiro atoms. The van der Waals surface area contributed by atoms with Crippen molar-refractivity contribution in [2.75, 3.05) is 26.9 Å². The van der Waals surface area contributed by atoms with Gasteiger partial charge in [-0.3, -0.25) is 19.4 Å². The summed E-state index contributed by atoms with van der Waals surface area (Å²) in [5.74, 6) is 0.549. The van der Waals surface area contributed by atoms with Gasteiger partial charge in [0.1, 0.15) is 5.75 Å². The fourth-order valence-corrected chi connectivity index (χ4v) is 3.39. The van der Waals surface area contributed by atoms with Crippen LogP contribution in [0.4, 0.5) is 4.79 Å². The van der Waals surface area contributed by atoms with E-state index in [1.165, 1.54) is 4.90 Å². The van der Waals surface area contributed by atoms with E-state index in [9.17, 15) is 9.59 Å². The normalized spacial score (nSPS) is 16.5. The highest BCUT2D eigenvalue weighted by Crippen LogP contribution is 2.32. The van der Waals surface area contributed by atoms with E-state index in [0.717, 1.165) is 49.0 Å². The SMILES string of the molecule is CCCN(CCC)CN1C(=O)S/C(=C/c2ccc(OC)cc2)C1=O. The summed E-state index contributed by atoms with van der Waals surface area (Å²) in [7, 11) is 1.61. The van der Waals surface area contributed by atoms with Crippen molar-refractivity contribution in [3.8, 4) is 5.75 Å². The van der Waals surface area contributed by atoms with Gasteiger partial charge in [-0.1, -0.05) is 26.0 Å². The van der Waals surface area contributed by atoms with Gasteiger partial charge in [0, 0.05) is 0 Å². The van der Waals surface area contributed by atoms with Gasteiger partial charge in [-0.2, -0.15) is 0 Å². The average molecular weight is 348 g/mol. The van der Waals surface area contributed by atoms with Gasteiger partial charge in [-0.15, -0.1) is 0 Å². The Balaban J connectivity index is 2.10. The van der Waals surface area contributed by atoms with E-state index in [4.69, 9.17) is 4.74 Å². The first-order valence-corrected chi connectivity index (χ1v) is 9.02. The van der Waals surface area contributed by atoms with Crippen LogP contribution in [0.15, 0.2) is 29.2 Å². The Morgan fingerprint density at radius 2 is 1.75 bits per heavy atom. The third kappa shape index (κ3) is 4.61. The third-order valence-electron chi connectivity index (χ3n) is 3.71. The predicted molar refractivity (Wildman–Crippen MR) is 97.8 cm³/mol. The molecule has 0 aromatic heterocycles. The molecule has 1 aromatic rings. The van der Waals surface area contributed by atoms with Gasteiger partial charge in [-0.25, -0.2) is 0 Å². The summed E-state index contributed by atoms with van der Waals surface area (Å²) >= 11 is 1.01. The number of rotatable bonds is 8. The van der Waals surface area contributed by atoms with Crippen molar-refractivity contribution in [2.45, 2.75) is 26.7 Å². The number of benzene rings is 1. The number of carbonyl (C=O) groups excluding carboxylic acids is 2. The summed E-state index contributed by atoms with van der Waals surface area (Å²) in [6.07, 6.45) is 3.75. The maximum absolute atomic E-state index is 12.6. The lowest BCUT2D eigenvalue weighted by Gasteiger charge is -2.25. The van der Waals surface area contributed by atoms with E-state index in [2.05, 4.69) is 18.7 Å². The minimum atomic E-state index is -0.210. The number of amides is 2. The first-order valence-electron chi connectivity index (χ1n) is 8.20. The molecular formula is C18H24N2O3S. The second-order valence-corrected chi connectivity index (χ2v) is 6.64. The van der Waals surface area contributed by atoms with E-state index < -0.39 is 0 Å². The van der Waals surface area contributed by atoms with Crippen molar-refractivity contribution < 1.29 is 14.3 Å². The molecule has 0 atom stereocenters. The smallest absolute Gasteiger partial charge is 0.294 e. The maximum Gasteiger partial charge on any atom is 0.294 e. The fraction of sp³-hybridized carbons (Fsp3) is 0.444. The van der Waals surface area contributed by atoms with Gasteiger partial charge in [0.05, 0.1) is 18.7 Å². The number of nitrogens with zero attached hydrogens (tertiary/aromatic N) is 2. The van der Waals surface area contributed by atoms with Crippen LogP contribution in [0.1, 0.15) is 32.3 Å². The zero-order valence-electron chi connectivity index (χ0n) is 14.4. The lowest BCUT2D eigenvalue weighted by atomic mass is 10.2. The molecule has 1 aliphatic rings. The molecule has 1 aliphatic heterocycles. The monoisotopic (exact) mass is 348 g/mol. The van der Waals surface area contributed by atoms with Crippen LogP contribution in [-0.2, 0) is 4.79 Å². The first kappa shape index (κ1) is 18.5. The highest BCUT2D eigenvalue weighted by Gasteiger charge is 2.35. The Labute approximate surface area is 147 Å². The van der Waals surface area contributed by atoms with E-state index in [0.29, 0.717) is 11.6 Å². The number of hydrogen-bond acceptors (Lipinski definition) is 5. The van der Waals surface area contributed by atoms with Gasteiger partial charge in [0.25, 0.3) is 11.1 Å². The molecule has 0 bridgehead atoms. The molecule has 2 amide bonds. The summed E-state index contributed by atoms with van der Waals surface area (Å²) in [5.41, 5.74) is 0.875. The van der Waals surface area contributed by atoms with E-state index in [1.54, 1.807) is 13.2 Å². The topological polar surface area (TPSA) is 49.9 Å². The molecular weight excluding hydrogens is 324 g/mol. The molecule has 1 aromatic carbocycles. The summed E-state index contributed by atoms with van der Waals surface area (Å²) < 4.78 is 5.12. The number of thioether (sulfide) groups is 1. The minimum absolute atomic E-state index is 0.197. The standard InChI is InChI=1S/C18H24N2O3S/c1-4-10-19(11-5-2)13-20-17(21)16(24-18(20)22)12-14-6-8-15(23-3)9-7-14/h6-9,12H,4-5,10-11,13H2,1-3H3/b16-12+. The van der Waals surface area contributed by atoms with Gasteiger partial charge in [-0.05, 0) is 61.5 Å². The Bertz CT molecular complexity index is 607. The molecule has 24 heavy (non-hydrogen) atoms. The highest BCUT2D eigenvalue weighted by molar-refractivity contribution is 8.18. The predicted octanol–water partition coefficient (Wildman–Crippen LogP) is 3.81. The zero-order valence-corrected chi connectivity index (χ0v) is 15.3. The number of imide groups is 1. The molecule has 0 radical (unpaired) electrons. The van der Waals surface area contributed by atoms with Crippen LogP contribution in [-0.4, -0.2) is 47.8 Å². The number of hydrogen-bond donors (Lipinski definition) is 0. The molecule has 0 aliphatic carbocycles. The Hall–Kier alpha value is -1.79. The van der Waals surface area contributed by atoms with Crippen LogP contribution in [0, 0.1) is 0 Å². The third-order valence-corrected chi connectivity index (χ3v) is 4.62. The van der Waals surface area contributed by atoms with Gasteiger partial charge in [0.15, 0.2) is 0 Å². The van der Waals surface area contributed by atoms with E-state index in [-0.39, 0.29) is 11.1 Å². The van der Waals surface area contributed by atoms with Gasteiger partial charge >= 0.3 is 0 Å². The molecule has 2 rings (SSSR count). The summed E-state index contributed by atoms with van der Waals surface area (Å²) in [6, 6.07) is 7.40. The quantitative estimate of drug-likeness (QED) is 0.669. The molecule has 1 heterocycles. The Morgan fingerprint density at radius 3 is 2.29 bits per heavy atom. The van der Waals surface area contributed by atoms with Crippen LogP contribution in [0.2, 0.25) is 0 Å². The zero-order chi connectivity index (χ0) is 17.5. The van der Waals surface area contributed by atoms with Crippen molar-refractivity contribution >= 4 is 29.0 Å². The number of methoxy groups -OCH3 is 1. The Kier molecular flexibility index (Phi) is 6.87. The van der Waals surface area contributed by atoms with Crippen LogP contribution in [0.25, 0.3) is 6.08 Å². The molecule has 0 unspecified atom stereocenters. The molecule has 0 N–H and O–H groups in total. The molecule has 1 fully saturated rings. The van der Waals surface area contributed by atoms with Crippen molar-refractivity contribution in [1.82, 2.24) is 9.80 Å². The molecule has 6 heteroatoms. The Morgan fingerprint density at radius 1 is 1.12 bits per heavy atom. The van der Waals surface area contributed by atoms with E-state index in [1.807, 2.05) is 24.3 Å². The summed E-state index contributed by atoms with van der Waals surface area (Å²) in [5, 5.41) is -0.197. The van der Waals surface area contributed by atoms with Gasteiger partial charge < -0.3 is 4.74 Å². The summed E-state index contributed by atoms with van der Waals surface area (Å²) in [6.45, 7) is 6.33. The van der Waals surface area contributed by atoms with Gasteiger partial charge in [0.2, 0.25) is 0 Å². The van der Waals surface area contributed by atoms with Crippen molar-refractivity contribution in [3.05, 3.63) is 34.7 Å². The summed E-state index contributed by atoms with van der Waals surface area (Å²) in [4.78, 5) is 28.7. The van der Waals surface area contributed by atoms with Crippen LogP contribution in [0.5, 0.6) is 5.75 Å². The second-order valence-electron chi connectivity index (χ2n) is 5.64. The van der Waals surface area contributed by atoms with Crippen LogP contribution >= 0.6 is 11.8 Å². The maximum atomic E-state index is 12.6. The largest absolute Gasteiger partial charge is 0.497 e. The first-order chi connectivity index (χ1) is 11.6. The van der Waals surface area contributed by atoms with Crippen LogP contribution < -0.4 is 4.74 Å². The highest BCUT2D eigenvalue weighted by atomic mass is 32.2. The molecule has 130 valence electrons. The average Bonchev–Trinajstić information content (AvgIpc) is 2.83. The fourth-order valence-electron chi connectivity index (χ4n) is 2.56. The molecule has 1 saturated heterocycles. The molecule has 0 saturated carbocycles. The minimum Gasteiger partial charge on any atom is -0.497 e. The number of ether oxygens (including phenoxy) is 1. The van der Waals surface area contributed by atoms with Crippen molar-refractivity contribution in [3.63, 3.8) is 0 Å². The second kappa shape index (κ2) is 8.89. The van der Waals surface area contributed by atoms with Crippen molar-refractivity contribution in [2.24, 2.45) is 0 Å². The lowest BCUT2D eigenvalue weighted by Crippen LogP contribution is -2.41. The lowest BCUT2D eigenvalue weighted by molar-refractivity contribution is -0.124. The van der Waals surface area contributed by atoms with E-state index >= 15 is 0 Å². The van der Waals surface area contributed by atoms with Crippen LogP contribution in [0.3, 0.4) is 0 Å². The number of carbonyl (C=O) groups is 2. The molecule has 5 nitrogen and oxygen atoms in total.